The first-order chi connectivity index (χ1) is 18.6. The number of amides is 2. The van der Waals surface area contributed by atoms with E-state index in [0.717, 1.165) is 25.1 Å². The highest BCUT2D eigenvalue weighted by atomic mass is 16.6. The molecule has 2 aliphatic heterocycles. The van der Waals surface area contributed by atoms with E-state index in [0.29, 0.717) is 24.3 Å². The van der Waals surface area contributed by atoms with Gasteiger partial charge in [0.05, 0.1) is 6.33 Å². The molecule has 0 spiro atoms. The molecule has 12 nitrogen and oxygen atoms in total. The molecule has 4 heterocycles. The van der Waals surface area contributed by atoms with Crippen LogP contribution in [0.1, 0.15) is 52.3 Å². The first-order valence-corrected chi connectivity index (χ1v) is 13.4. The minimum atomic E-state index is -0.874. The second-order valence-electron chi connectivity index (χ2n) is 11.2. The normalized spacial score (nSPS) is 25.5. The summed E-state index contributed by atoms with van der Waals surface area (Å²) in [7, 11) is 0. The zero-order chi connectivity index (χ0) is 27.7. The van der Waals surface area contributed by atoms with E-state index in [1.54, 1.807) is 10.9 Å². The summed E-state index contributed by atoms with van der Waals surface area (Å²) in [4.78, 5) is 27.0. The van der Waals surface area contributed by atoms with Gasteiger partial charge in [-0.1, -0.05) is 32.9 Å². The van der Waals surface area contributed by atoms with Gasteiger partial charge >= 0.3 is 6.03 Å². The average Bonchev–Trinajstić information content (AvgIpc) is 3.45. The fourth-order valence-corrected chi connectivity index (χ4v) is 5.16. The van der Waals surface area contributed by atoms with Crippen molar-refractivity contribution in [2.24, 2.45) is 0 Å². The van der Waals surface area contributed by atoms with Gasteiger partial charge in [0.1, 0.15) is 36.4 Å². The Balaban J connectivity index is 1.07. The molecule has 2 fully saturated rings. The summed E-state index contributed by atoms with van der Waals surface area (Å²) in [6, 6.07) is 7.72. The van der Waals surface area contributed by atoms with Gasteiger partial charge in [0, 0.05) is 25.3 Å². The highest BCUT2D eigenvalue weighted by Crippen LogP contribution is 2.37. The number of imidazole rings is 1. The Labute approximate surface area is 227 Å². The number of urea groups is 1. The van der Waals surface area contributed by atoms with Gasteiger partial charge in [-0.2, -0.15) is 0 Å². The zero-order valence-corrected chi connectivity index (χ0v) is 22.9. The lowest BCUT2D eigenvalue weighted by molar-refractivity contribution is -0.177. The van der Waals surface area contributed by atoms with Crippen LogP contribution in [-0.4, -0.2) is 79.7 Å². The molecular weight excluding hydrogens is 500 g/mol. The molecule has 12 heteroatoms. The summed E-state index contributed by atoms with van der Waals surface area (Å²) < 4.78 is 14.1. The van der Waals surface area contributed by atoms with E-state index in [1.165, 1.54) is 11.9 Å². The van der Waals surface area contributed by atoms with Crippen LogP contribution in [0.5, 0.6) is 0 Å². The number of aliphatic hydroxyl groups excluding tert-OH is 1. The molecule has 39 heavy (non-hydrogen) atoms. The molecular formula is C27H38N8O4. The number of aliphatic hydroxyl groups is 1. The smallest absolute Gasteiger partial charge is 0.319 e. The third kappa shape index (κ3) is 5.83. The van der Waals surface area contributed by atoms with E-state index in [2.05, 4.69) is 51.3 Å². The zero-order valence-electron chi connectivity index (χ0n) is 22.9. The van der Waals surface area contributed by atoms with Crippen LogP contribution < -0.4 is 16.4 Å². The highest BCUT2D eigenvalue weighted by molar-refractivity contribution is 5.89. The van der Waals surface area contributed by atoms with Crippen LogP contribution in [0.25, 0.3) is 11.2 Å². The summed E-state index contributed by atoms with van der Waals surface area (Å²) in [5, 5.41) is 16.8. The van der Waals surface area contributed by atoms with Crippen molar-refractivity contribution in [3.8, 4) is 0 Å². The Morgan fingerprint density at radius 1 is 1.15 bits per heavy atom. The molecule has 1 unspecified atom stereocenters. The lowest BCUT2D eigenvalue weighted by Crippen LogP contribution is -2.54. The average molecular weight is 539 g/mol. The van der Waals surface area contributed by atoms with E-state index in [-0.39, 0.29) is 29.6 Å². The minimum absolute atomic E-state index is 0.0728. The van der Waals surface area contributed by atoms with Gasteiger partial charge in [0.25, 0.3) is 0 Å². The molecule has 0 aliphatic carbocycles. The largest absolute Gasteiger partial charge is 0.386 e. The van der Waals surface area contributed by atoms with Crippen molar-refractivity contribution in [2.45, 2.75) is 76.7 Å². The number of rotatable bonds is 7. The van der Waals surface area contributed by atoms with E-state index in [9.17, 15) is 9.90 Å². The summed E-state index contributed by atoms with van der Waals surface area (Å²) in [5.74, 6) is 0.279. The summed E-state index contributed by atoms with van der Waals surface area (Å²) in [6.45, 7) is 10.4. The first-order valence-electron chi connectivity index (χ1n) is 13.4. The molecule has 5 rings (SSSR count). The summed E-state index contributed by atoms with van der Waals surface area (Å²) in [6.07, 6.45) is 2.14. The molecule has 5 N–H and O–H groups in total. The number of nitrogens with two attached hydrogens (primary N) is 1. The van der Waals surface area contributed by atoms with Crippen molar-refractivity contribution in [2.75, 3.05) is 30.7 Å². The van der Waals surface area contributed by atoms with Crippen molar-refractivity contribution in [3.05, 3.63) is 42.5 Å². The Hall–Kier alpha value is -3.32. The van der Waals surface area contributed by atoms with Crippen molar-refractivity contribution >= 4 is 28.7 Å². The molecule has 2 saturated heterocycles. The van der Waals surface area contributed by atoms with E-state index in [4.69, 9.17) is 15.2 Å². The second-order valence-corrected chi connectivity index (χ2v) is 11.2. The van der Waals surface area contributed by atoms with Crippen molar-refractivity contribution < 1.29 is 19.4 Å². The van der Waals surface area contributed by atoms with Crippen LogP contribution in [0.4, 0.5) is 16.3 Å². The van der Waals surface area contributed by atoms with Gasteiger partial charge < -0.3 is 30.9 Å². The number of carbonyl (C=O) groups excluding carboxylic acids is 1. The van der Waals surface area contributed by atoms with Gasteiger partial charge in [-0.25, -0.2) is 19.7 Å². The van der Waals surface area contributed by atoms with Crippen LogP contribution >= 0.6 is 0 Å². The molecule has 5 atom stereocenters. The highest BCUT2D eigenvalue weighted by Gasteiger charge is 2.50. The Kier molecular flexibility index (Phi) is 7.72. The van der Waals surface area contributed by atoms with E-state index in [1.807, 2.05) is 31.2 Å². The summed E-state index contributed by atoms with van der Waals surface area (Å²) in [5.41, 5.74) is 8.95. The van der Waals surface area contributed by atoms with Crippen LogP contribution in [0.2, 0.25) is 0 Å². The number of carbonyl (C=O) groups is 1. The fraction of sp³-hybridized carbons (Fsp3) is 0.556. The molecule has 2 aliphatic rings. The maximum absolute atomic E-state index is 12.3. The standard InChI is InChI=1S/C27H38N8O4/c1-16-34(12-6-5-11-29-26(37)33-18-9-7-17(8-10-18)27(2,3)4)13-19-22(38-16)21(36)25(39-19)35-15-32-20-23(28)30-14-31-24(20)35/h7-10,14-16,19,21-22,25,36H,5-6,11-13H2,1-4H3,(H2,28,30,31)(H2,29,33,37)/t16?,19-,21-,22-,25-/m1/s1. The number of fused-ring (bicyclic) bond motifs is 2. The third-order valence-electron chi connectivity index (χ3n) is 7.42. The van der Waals surface area contributed by atoms with Gasteiger partial charge in [-0.05, 0) is 42.9 Å². The lowest BCUT2D eigenvalue weighted by Gasteiger charge is -2.39. The number of nitrogens with one attached hydrogen (secondary N) is 2. The van der Waals surface area contributed by atoms with Gasteiger partial charge in [-0.3, -0.25) is 9.47 Å². The first kappa shape index (κ1) is 27.3. The predicted molar refractivity (Wildman–Crippen MR) is 147 cm³/mol. The van der Waals surface area contributed by atoms with E-state index < -0.39 is 18.4 Å². The molecule has 210 valence electrons. The van der Waals surface area contributed by atoms with Crippen LogP contribution in [0, 0.1) is 0 Å². The minimum Gasteiger partial charge on any atom is -0.386 e. The number of unbranched alkanes of at least 4 members (excludes halogenated alkanes) is 1. The number of hydrogen-bond donors (Lipinski definition) is 4. The van der Waals surface area contributed by atoms with Gasteiger partial charge in [0.15, 0.2) is 17.7 Å². The van der Waals surface area contributed by atoms with Gasteiger partial charge in [0.2, 0.25) is 0 Å². The monoisotopic (exact) mass is 538 g/mol. The Morgan fingerprint density at radius 3 is 2.67 bits per heavy atom. The topological polar surface area (TPSA) is 153 Å². The lowest BCUT2D eigenvalue weighted by atomic mass is 9.87. The molecule has 2 aromatic heterocycles. The van der Waals surface area contributed by atoms with Gasteiger partial charge in [-0.15, -0.1) is 0 Å². The number of hydrogen-bond acceptors (Lipinski definition) is 9. The van der Waals surface area contributed by atoms with Crippen LogP contribution in [-0.2, 0) is 14.9 Å². The maximum Gasteiger partial charge on any atom is 0.319 e. The number of benzene rings is 1. The fourth-order valence-electron chi connectivity index (χ4n) is 5.16. The van der Waals surface area contributed by atoms with Crippen LogP contribution in [0.15, 0.2) is 36.9 Å². The number of ether oxygens (including phenoxy) is 2. The van der Waals surface area contributed by atoms with Crippen molar-refractivity contribution in [1.29, 1.82) is 0 Å². The predicted octanol–water partition coefficient (Wildman–Crippen LogP) is 2.61. The number of nitrogens with zero attached hydrogens (tertiary/aromatic N) is 5. The Bertz CT molecular complexity index is 1290. The SMILES string of the molecule is CC1O[C@H]2[C@@H](O)[C@H](n3cnc4c(N)ncnc43)O[C@@H]2CN1CCCCNC(=O)Nc1ccc(C(C)(C)C)cc1. The van der Waals surface area contributed by atoms with E-state index >= 15 is 0 Å². The van der Waals surface area contributed by atoms with Crippen molar-refractivity contribution in [1.82, 2.24) is 29.7 Å². The summed E-state index contributed by atoms with van der Waals surface area (Å²) >= 11 is 0. The third-order valence-corrected chi connectivity index (χ3v) is 7.42. The molecule has 1 aromatic carbocycles. The van der Waals surface area contributed by atoms with Crippen molar-refractivity contribution in [3.63, 3.8) is 0 Å². The number of nitrogen functional groups attached to an aromatic ring is 1. The van der Waals surface area contributed by atoms with Crippen LogP contribution in [0.3, 0.4) is 0 Å². The maximum atomic E-state index is 12.3. The molecule has 3 aromatic rings. The Morgan fingerprint density at radius 2 is 1.92 bits per heavy atom. The quantitative estimate of drug-likeness (QED) is 0.333. The number of aromatic nitrogens is 4. The second kappa shape index (κ2) is 11.0. The molecule has 0 saturated carbocycles. The molecule has 2 amide bonds. The molecule has 0 radical (unpaired) electrons. The molecule has 0 bridgehead atoms. The number of anilines is 2.